The fourth-order valence-corrected chi connectivity index (χ4v) is 2.33. The van der Waals surface area contributed by atoms with E-state index in [2.05, 4.69) is 27.8 Å². The van der Waals surface area contributed by atoms with Crippen LogP contribution in [-0.4, -0.2) is 10.9 Å². The van der Waals surface area contributed by atoms with E-state index in [1.165, 1.54) is 23.4 Å². The van der Waals surface area contributed by atoms with Crippen molar-refractivity contribution in [2.24, 2.45) is 0 Å². The van der Waals surface area contributed by atoms with Gasteiger partial charge in [-0.2, -0.15) is 0 Å². The van der Waals surface area contributed by atoms with Gasteiger partial charge in [0.2, 0.25) is 5.56 Å². The summed E-state index contributed by atoms with van der Waals surface area (Å²) in [5.41, 5.74) is 3.76. The van der Waals surface area contributed by atoms with E-state index >= 15 is 0 Å². The van der Waals surface area contributed by atoms with Crippen LogP contribution in [0.2, 0.25) is 0 Å². The Hall–Kier alpha value is -2.40. The molecule has 5 nitrogen and oxygen atoms in total. The summed E-state index contributed by atoms with van der Waals surface area (Å²) < 4.78 is 0. The molecular formula is C15H15N3O2. The molecule has 0 aliphatic carbocycles. The molecule has 2 aromatic rings. The maximum atomic E-state index is 11.9. The minimum atomic E-state index is -0.277. The number of benzene rings is 1. The molecule has 0 atom stereocenters. The molecule has 102 valence electrons. The van der Waals surface area contributed by atoms with E-state index in [0.717, 1.165) is 18.7 Å². The number of aromatic amines is 1. The molecule has 1 aromatic heterocycles. The Morgan fingerprint density at radius 1 is 1.15 bits per heavy atom. The molecule has 3 N–H and O–H groups in total. The van der Waals surface area contributed by atoms with E-state index in [0.29, 0.717) is 12.1 Å². The van der Waals surface area contributed by atoms with Crippen LogP contribution < -0.4 is 16.2 Å². The zero-order chi connectivity index (χ0) is 13.9. The Balaban J connectivity index is 1.67. The Bertz CT molecular complexity index is 706. The van der Waals surface area contributed by atoms with Crippen LogP contribution >= 0.6 is 0 Å². The summed E-state index contributed by atoms with van der Waals surface area (Å²) in [6.07, 6.45) is 1.47. The van der Waals surface area contributed by atoms with Crippen molar-refractivity contribution < 1.29 is 4.79 Å². The summed E-state index contributed by atoms with van der Waals surface area (Å²) in [6.45, 7) is 2.25. The summed E-state index contributed by atoms with van der Waals surface area (Å²) in [5.74, 6) is -0.241. The highest BCUT2D eigenvalue weighted by Crippen LogP contribution is 2.16. The molecule has 0 radical (unpaired) electrons. The third-order valence-corrected chi connectivity index (χ3v) is 3.39. The van der Waals surface area contributed by atoms with Gasteiger partial charge < -0.3 is 15.6 Å². The van der Waals surface area contributed by atoms with Gasteiger partial charge in [0.25, 0.3) is 5.91 Å². The standard InChI is InChI=1S/C15H15N3O2/c19-14-6-11(3-4-17-14)15(20)18-7-10-1-2-12-8-16-9-13(12)5-10/h1-6,16H,7-9H2,(H,17,19)(H,18,20). The van der Waals surface area contributed by atoms with Crippen LogP contribution in [0, 0.1) is 0 Å². The normalized spacial score (nSPS) is 13.0. The molecule has 1 aromatic carbocycles. The summed E-state index contributed by atoms with van der Waals surface area (Å²) >= 11 is 0. The van der Waals surface area contributed by atoms with E-state index in [9.17, 15) is 9.59 Å². The number of amides is 1. The topological polar surface area (TPSA) is 74.0 Å². The van der Waals surface area contributed by atoms with Crippen LogP contribution in [0.4, 0.5) is 0 Å². The monoisotopic (exact) mass is 269 g/mol. The Morgan fingerprint density at radius 2 is 2.00 bits per heavy atom. The van der Waals surface area contributed by atoms with Gasteiger partial charge in [-0.15, -0.1) is 0 Å². The fraction of sp³-hybridized carbons (Fsp3) is 0.200. The SMILES string of the molecule is O=C(NCc1ccc2c(c1)CNC2)c1cc[nH]c(=O)c1. The van der Waals surface area contributed by atoms with Crippen LogP contribution in [0.5, 0.6) is 0 Å². The molecule has 2 heterocycles. The molecule has 0 saturated heterocycles. The average molecular weight is 269 g/mol. The molecule has 5 heteroatoms. The van der Waals surface area contributed by atoms with Crippen LogP contribution in [0.1, 0.15) is 27.0 Å². The Kier molecular flexibility index (Phi) is 3.35. The molecule has 1 aliphatic heterocycles. The number of rotatable bonds is 3. The third-order valence-electron chi connectivity index (χ3n) is 3.39. The predicted molar refractivity (Wildman–Crippen MR) is 75.2 cm³/mol. The number of H-pyrrole nitrogens is 1. The zero-order valence-corrected chi connectivity index (χ0v) is 10.9. The van der Waals surface area contributed by atoms with Crippen LogP contribution in [0.25, 0.3) is 0 Å². The van der Waals surface area contributed by atoms with Gasteiger partial charge in [-0.25, -0.2) is 0 Å². The van der Waals surface area contributed by atoms with Crippen LogP contribution in [-0.2, 0) is 19.6 Å². The predicted octanol–water partition coefficient (Wildman–Crippen LogP) is 0.908. The molecule has 1 amide bonds. The molecule has 3 rings (SSSR count). The lowest BCUT2D eigenvalue weighted by Gasteiger charge is -2.07. The summed E-state index contributed by atoms with van der Waals surface area (Å²) in [4.78, 5) is 25.6. The number of carbonyl (C=O) groups excluding carboxylic acids is 1. The zero-order valence-electron chi connectivity index (χ0n) is 10.9. The minimum absolute atomic E-state index is 0.241. The molecule has 0 saturated carbocycles. The van der Waals surface area contributed by atoms with Crippen molar-refractivity contribution in [3.8, 4) is 0 Å². The highest BCUT2D eigenvalue weighted by Gasteiger charge is 2.11. The highest BCUT2D eigenvalue weighted by molar-refractivity contribution is 5.93. The molecular weight excluding hydrogens is 254 g/mol. The largest absolute Gasteiger partial charge is 0.348 e. The van der Waals surface area contributed by atoms with Gasteiger partial charge in [-0.3, -0.25) is 9.59 Å². The molecule has 0 bridgehead atoms. The van der Waals surface area contributed by atoms with E-state index in [1.54, 1.807) is 6.07 Å². The van der Waals surface area contributed by atoms with Gasteiger partial charge in [-0.05, 0) is 22.8 Å². The number of hydrogen-bond donors (Lipinski definition) is 3. The third kappa shape index (κ3) is 2.62. The number of hydrogen-bond acceptors (Lipinski definition) is 3. The molecule has 20 heavy (non-hydrogen) atoms. The van der Waals surface area contributed by atoms with Crippen molar-refractivity contribution in [2.75, 3.05) is 0 Å². The summed E-state index contributed by atoms with van der Waals surface area (Å²) in [7, 11) is 0. The second-order valence-corrected chi connectivity index (χ2v) is 4.83. The summed E-state index contributed by atoms with van der Waals surface area (Å²) in [5, 5.41) is 6.11. The van der Waals surface area contributed by atoms with Gasteiger partial charge in [-0.1, -0.05) is 18.2 Å². The van der Waals surface area contributed by atoms with Gasteiger partial charge in [0, 0.05) is 37.5 Å². The van der Waals surface area contributed by atoms with Gasteiger partial charge in [0.1, 0.15) is 0 Å². The minimum Gasteiger partial charge on any atom is -0.348 e. The van der Waals surface area contributed by atoms with Gasteiger partial charge >= 0.3 is 0 Å². The van der Waals surface area contributed by atoms with Gasteiger partial charge in [0.15, 0.2) is 0 Å². The lowest BCUT2D eigenvalue weighted by Crippen LogP contribution is -2.24. The maximum Gasteiger partial charge on any atom is 0.251 e. The molecule has 1 aliphatic rings. The summed E-state index contributed by atoms with van der Waals surface area (Å²) in [6, 6.07) is 9.09. The van der Waals surface area contributed by atoms with E-state index in [-0.39, 0.29) is 11.5 Å². The number of fused-ring (bicyclic) bond motifs is 1. The lowest BCUT2D eigenvalue weighted by atomic mass is 10.1. The van der Waals surface area contributed by atoms with E-state index in [1.807, 2.05) is 6.07 Å². The average Bonchev–Trinajstić information content (AvgIpc) is 2.92. The van der Waals surface area contributed by atoms with Crippen molar-refractivity contribution in [2.45, 2.75) is 19.6 Å². The van der Waals surface area contributed by atoms with Crippen molar-refractivity contribution in [3.63, 3.8) is 0 Å². The second kappa shape index (κ2) is 5.30. The number of pyridine rings is 1. The first-order valence-electron chi connectivity index (χ1n) is 6.51. The molecule has 0 spiro atoms. The second-order valence-electron chi connectivity index (χ2n) is 4.83. The first kappa shape index (κ1) is 12.6. The quantitative estimate of drug-likeness (QED) is 0.775. The maximum absolute atomic E-state index is 11.9. The molecule has 0 unspecified atom stereocenters. The van der Waals surface area contributed by atoms with E-state index < -0.39 is 0 Å². The van der Waals surface area contributed by atoms with Crippen molar-refractivity contribution in [1.29, 1.82) is 0 Å². The fourth-order valence-electron chi connectivity index (χ4n) is 2.33. The number of nitrogens with one attached hydrogen (secondary N) is 3. The number of aromatic nitrogens is 1. The van der Waals surface area contributed by atoms with Crippen molar-refractivity contribution >= 4 is 5.91 Å². The van der Waals surface area contributed by atoms with Crippen LogP contribution in [0.3, 0.4) is 0 Å². The smallest absolute Gasteiger partial charge is 0.251 e. The van der Waals surface area contributed by atoms with Gasteiger partial charge in [0.05, 0.1) is 0 Å². The number of carbonyl (C=O) groups is 1. The van der Waals surface area contributed by atoms with Crippen LogP contribution in [0.15, 0.2) is 41.3 Å². The van der Waals surface area contributed by atoms with E-state index in [4.69, 9.17) is 0 Å². The Morgan fingerprint density at radius 3 is 2.85 bits per heavy atom. The first-order valence-corrected chi connectivity index (χ1v) is 6.51. The van der Waals surface area contributed by atoms with Crippen molar-refractivity contribution in [1.82, 2.24) is 15.6 Å². The lowest BCUT2D eigenvalue weighted by molar-refractivity contribution is 0.0950. The van der Waals surface area contributed by atoms with Crippen molar-refractivity contribution in [3.05, 3.63) is 69.1 Å². The first-order chi connectivity index (χ1) is 9.72. The Labute approximate surface area is 116 Å². The highest BCUT2D eigenvalue weighted by atomic mass is 16.2. The molecule has 0 fully saturated rings.